The first-order valence-corrected chi connectivity index (χ1v) is 3.96. The van der Waals surface area contributed by atoms with Gasteiger partial charge in [0.1, 0.15) is 0 Å². The highest BCUT2D eigenvalue weighted by Crippen LogP contribution is 2.14. The monoisotopic (exact) mass is 178 g/mol. The van der Waals surface area contributed by atoms with Crippen LogP contribution in [0.1, 0.15) is 11.4 Å². The van der Waals surface area contributed by atoms with Crippen molar-refractivity contribution in [2.24, 2.45) is 0 Å². The molecule has 0 amide bonds. The zero-order valence-electron chi connectivity index (χ0n) is 7.77. The summed E-state index contributed by atoms with van der Waals surface area (Å²) in [6.07, 6.45) is 0. The topological polar surface area (TPSA) is 52.3 Å². The summed E-state index contributed by atoms with van der Waals surface area (Å²) in [5.41, 5.74) is 1.71. The molecule has 2 heterocycles. The average Bonchev–Trinajstić information content (AvgIpc) is 2.46. The molecule has 0 atom stereocenters. The first-order valence-electron chi connectivity index (χ1n) is 3.96. The van der Waals surface area contributed by atoms with Gasteiger partial charge >= 0.3 is 0 Å². The van der Waals surface area contributed by atoms with Crippen molar-refractivity contribution in [3.05, 3.63) is 17.5 Å². The molecule has 0 saturated carbocycles. The number of aromatic nitrogens is 4. The maximum absolute atomic E-state index is 5.09. The minimum absolute atomic E-state index is 0.607. The van der Waals surface area contributed by atoms with Crippen molar-refractivity contribution in [1.29, 1.82) is 0 Å². The van der Waals surface area contributed by atoms with Crippen LogP contribution < -0.4 is 4.74 Å². The Hall–Kier alpha value is -1.65. The van der Waals surface area contributed by atoms with Crippen LogP contribution in [-0.2, 0) is 0 Å². The van der Waals surface area contributed by atoms with E-state index in [4.69, 9.17) is 4.74 Å². The van der Waals surface area contributed by atoms with Crippen LogP contribution in [0.5, 0.6) is 5.88 Å². The standard InChI is InChI=1S/C8H10N4O/c1-5-4-7-10-9-6(2)12(7)11-8(5)13-3/h4H,1-3H3. The predicted octanol–water partition coefficient (Wildman–Crippen LogP) is 0.750. The quantitative estimate of drug-likeness (QED) is 0.646. The van der Waals surface area contributed by atoms with Crippen LogP contribution in [-0.4, -0.2) is 26.9 Å². The Kier molecular flexibility index (Phi) is 1.65. The zero-order valence-corrected chi connectivity index (χ0v) is 7.77. The number of hydrogen-bond donors (Lipinski definition) is 0. The van der Waals surface area contributed by atoms with E-state index in [0.717, 1.165) is 17.0 Å². The summed E-state index contributed by atoms with van der Waals surface area (Å²) >= 11 is 0. The molecule has 0 aromatic carbocycles. The molecule has 2 rings (SSSR count). The maximum atomic E-state index is 5.09. The molecule has 0 bridgehead atoms. The van der Waals surface area contributed by atoms with Crippen molar-refractivity contribution < 1.29 is 4.74 Å². The number of nitrogens with zero attached hydrogens (tertiary/aromatic N) is 4. The molecular formula is C8H10N4O. The lowest BCUT2D eigenvalue weighted by atomic mass is 10.3. The maximum Gasteiger partial charge on any atom is 0.234 e. The molecule has 0 unspecified atom stereocenters. The van der Waals surface area contributed by atoms with E-state index in [-0.39, 0.29) is 0 Å². The third-order valence-electron chi connectivity index (χ3n) is 1.89. The van der Waals surface area contributed by atoms with Gasteiger partial charge < -0.3 is 4.74 Å². The molecule has 13 heavy (non-hydrogen) atoms. The SMILES string of the molecule is COc1nn2c(C)nnc2cc1C. The Bertz CT molecular complexity index is 449. The Labute approximate surface area is 75.4 Å². The first-order chi connectivity index (χ1) is 6.22. The average molecular weight is 178 g/mol. The second-order valence-corrected chi connectivity index (χ2v) is 2.85. The van der Waals surface area contributed by atoms with Crippen molar-refractivity contribution >= 4 is 5.65 Å². The summed E-state index contributed by atoms with van der Waals surface area (Å²) < 4.78 is 6.75. The smallest absolute Gasteiger partial charge is 0.234 e. The third kappa shape index (κ3) is 1.12. The van der Waals surface area contributed by atoms with Gasteiger partial charge in [-0.2, -0.15) is 4.52 Å². The van der Waals surface area contributed by atoms with Gasteiger partial charge in [-0.25, -0.2) is 0 Å². The minimum Gasteiger partial charge on any atom is -0.480 e. The number of rotatable bonds is 1. The second-order valence-electron chi connectivity index (χ2n) is 2.85. The molecule has 0 aliphatic rings. The minimum atomic E-state index is 0.607. The molecule has 0 fully saturated rings. The highest BCUT2D eigenvalue weighted by molar-refractivity contribution is 5.42. The van der Waals surface area contributed by atoms with Gasteiger partial charge in [-0.3, -0.25) is 0 Å². The fraction of sp³-hybridized carbons (Fsp3) is 0.375. The number of aryl methyl sites for hydroxylation is 2. The fourth-order valence-corrected chi connectivity index (χ4v) is 1.21. The Morgan fingerprint density at radius 2 is 2.08 bits per heavy atom. The van der Waals surface area contributed by atoms with E-state index in [9.17, 15) is 0 Å². The van der Waals surface area contributed by atoms with Gasteiger partial charge in [0.15, 0.2) is 11.5 Å². The molecule has 0 N–H and O–H groups in total. The van der Waals surface area contributed by atoms with Crippen LogP contribution >= 0.6 is 0 Å². The van der Waals surface area contributed by atoms with Gasteiger partial charge in [-0.15, -0.1) is 15.3 Å². The highest BCUT2D eigenvalue weighted by Gasteiger charge is 2.06. The van der Waals surface area contributed by atoms with Crippen molar-refractivity contribution in [1.82, 2.24) is 19.8 Å². The Morgan fingerprint density at radius 3 is 2.77 bits per heavy atom. The molecule has 5 nitrogen and oxygen atoms in total. The first kappa shape index (κ1) is 7.97. The lowest BCUT2D eigenvalue weighted by molar-refractivity contribution is 0.386. The molecule has 2 aromatic rings. The number of methoxy groups -OCH3 is 1. The van der Waals surface area contributed by atoms with Crippen molar-refractivity contribution in [3.8, 4) is 5.88 Å². The van der Waals surface area contributed by atoms with Crippen molar-refractivity contribution in [2.75, 3.05) is 7.11 Å². The van der Waals surface area contributed by atoms with Gasteiger partial charge in [0.25, 0.3) is 0 Å². The van der Waals surface area contributed by atoms with Crippen LogP contribution in [0.15, 0.2) is 6.07 Å². The summed E-state index contributed by atoms with van der Waals surface area (Å²) in [5, 5.41) is 12.1. The number of hydrogen-bond acceptors (Lipinski definition) is 4. The molecule has 68 valence electrons. The van der Waals surface area contributed by atoms with Crippen LogP contribution in [0.2, 0.25) is 0 Å². The van der Waals surface area contributed by atoms with Crippen molar-refractivity contribution in [2.45, 2.75) is 13.8 Å². The van der Waals surface area contributed by atoms with Gasteiger partial charge in [0.05, 0.1) is 7.11 Å². The molecule has 2 aromatic heterocycles. The Morgan fingerprint density at radius 1 is 1.31 bits per heavy atom. The van der Waals surface area contributed by atoms with E-state index in [1.807, 2.05) is 19.9 Å². The molecule has 5 heteroatoms. The van der Waals surface area contributed by atoms with E-state index >= 15 is 0 Å². The fourth-order valence-electron chi connectivity index (χ4n) is 1.21. The van der Waals surface area contributed by atoms with Crippen molar-refractivity contribution in [3.63, 3.8) is 0 Å². The molecule has 0 saturated heterocycles. The summed E-state index contributed by atoms with van der Waals surface area (Å²) in [5.74, 6) is 1.36. The Balaban J connectivity index is 2.77. The lowest BCUT2D eigenvalue weighted by Crippen LogP contribution is -1.99. The van der Waals surface area contributed by atoms with E-state index < -0.39 is 0 Å². The van der Waals surface area contributed by atoms with Crippen LogP contribution in [0.4, 0.5) is 0 Å². The normalized spacial score (nSPS) is 10.7. The summed E-state index contributed by atoms with van der Waals surface area (Å²) in [7, 11) is 1.60. The van der Waals surface area contributed by atoms with Gasteiger partial charge in [0.2, 0.25) is 5.88 Å². The molecular weight excluding hydrogens is 168 g/mol. The second kappa shape index (κ2) is 2.69. The van der Waals surface area contributed by atoms with Gasteiger partial charge in [-0.05, 0) is 19.9 Å². The molecule has 0 spiro atoms. The zero-order chi connectivity index (χ0) is 9.42. The summed E-state index contributed by atoms with van der Waals surface area (Å²) in [6.45, 7) is 3.78. The van der Waals surface area contributed by atoms with Crippen LogP contribution in [0.25, 0.3) is 5.65 Å². The van der Waals surface area contributed by atoms with Gasteiger partial charge in [0, 0.05) is 5.56 Å². The van der Waals surface area contributed by atoms with E-state index in [1.165, 1.54) is 0 Å². The largest absolute Gasteiger partial charge is 0.480 e. The van der Waals surface area contributed by atoms with E-state index in [1.54, 1.807) is 11.6 Å². The number of fused-ring (bicyclic) bond motifs is 1. The van der Waals surface area contributed by atoms with Crippen LogP contribution in [0, 0.1) is 13.8 Å². The third-order valence-corrected chi connectivity index (χ3v) is 1.89. The molecule has 0 aliphatic carbocycles. The predicted molar refractivity (Wildman–Crippen MR) is 46.8 cm³/mol. The highest BCUT2D eigenvalue weighted by atomic mass is 16.5. The van der Waals surface area contributed by atoms with E-state index in [2.05, 4.69) is 15.3 Å². The molecule has 0 aliphatic heterocycles. The lowest BCUT2D eigenvalue weighted by Gasteiger charge is -2.02. The molecule has 0 radical (unpaired) electrons. The summed E-state index contributed by atoms with van der Waals surface area (Å²) in [4.78, 5) is 0. The van der Waals surface area contributed by atoms with Crippen LogP contribution in [0.3, 0.4) is 0 Å². The van der Waals surface area contributed by atoms with Gasteiger partial charge in [-0.1, -0.05) is 0 Å². The summed E-state index contributed by atoms with van der Waals surface area (Å²) in [6, 6.07) is 1.89. The van der Waals surface area contributed by atoms with E-state index in [0.29, 0.717) is 5.88 Å². The number of ether oxygens (including phenoxy) is 1.